The second kappa shape index (κ2) is 11.9. The molecule has 28 heavy (non-hydrogen) atoms. The van der Waals surface area contributed by atoms with Crippen LogP contribution in [0.25, 0.3) is 0 Å². The van der Waals surface area contributed by atoms with Crippen LogP contribution in [0.15, 0.2) is 12.2 Å². The Balaban J connectivity index is 1.64. The summed E-state index contributed by atoms with van der Waals surface area (Å²) < 4.78 is 0. The van der Waals surface area contributed by atoms with E-state index in [0.29, 0.717) is 12.5 Å². The predicted molar refractivity (Wildman–Crippen MR) is 109 cm³/mol. The number of hydrogen-bond acceptors (Lipinski definition) is 3. The summed E-state index contributed by atoms with van der Waals surface area (Å²) in [6.45, 7) is 2.47. The fraction of sp³-hybridized carbons (Fsp3) is 0.773. The molecule has 2 rings (SSSR count). The topological polar surface area (TPSA) is 95.5 Å². The van der Waals surface area contributed by atoms with Gasteiger partial charge in [-0.15, -0.1) is 0 Å². The van der Waals surface area contributed by atoms with Crippen LogP contribution in [0.1, 0.15) is 71.1 Å². The van der Waals surface area contributed by atoms with E-state index < -0.39 is 5.97 Å². The summed E-state index contributed by atoms with van der Waals surface area (Å²) in [5, 5.41) is 14.2. The number of carbonyl (C=O) groups excluding carboxylic acids is 2. The van der Waals surface area contributed by atoms with E-state index in [-0.39, 0.29) is 24.8 Å². The first-order chi connectivity index (χ1) is 13.5. The van der Waals surface area contributed by atoms with Crippen LogP contribution in [0.5, 0.6) is 0 Å². The zero-order chi connectivity index (χ0) is 20.4. The molecule has 0 radical (unpaired) electrons. The van der Waals surface area contributed by atoms with E-state index in [1.807, 2.05) is 0 Å². The molecule has 2 fully saturated rings. The van der Waals surface area contributed by atoms with Gasteiger partial charge in [0.2, 0.25) is 11.8 Å². The first-order valence-electron chi connectivity index (χ1n) is 10.9. The van der Waals surface area contributed by atoms with Crippen molar-refractivity contribution in [2.24, 2.45) is 23.7 Å². The van der Waals surface area contributed by atoms with Crippen molar-refractivity contribution in [2.45, 2.75) is 71.1 Å². The minimum Gasteiger partial charge on any atom is -0.481 e. The number of fused-ring (bicyclic) bond motifs is 2. The SMILES string of the molecule is CC=CC(=O)NCC(=O)NCC[C@@H]1[C@@H]2CC[C@@H](C2)[C@@H]1CCCCCCC(=O)O. The molecule has 0 aliphatic heterocycles. The molecule has 3 N–H and O–H groups in total. The average Bonchev–Trinajstić information content (AvgIpc) is 3.25. The van der Waals surface area contributed by atoms with Crippen molar-refractivity contribution in [2.75, 3.05) is 13.1 Å². The Morgan fingerprint density at radius 2 is 1.64 bits per heavy atom. The van der Waals surface area contributed by atoms with Crippen molar-refractivity contribution in [1.82, 2.24) is 10.6 Å². The van der Waals surface area contributed by atoms with Crippen LogP contribution < -0.4 is 10.6 Å². The van der Waals surface area contributed by atoms with E-state index in [1.165, 1.54) is 38.2 Å². The Morgan fingerprint density at radius 1 is 0.964 bits per heavy atom. The minimum absolute atomic E-state index is 0.0274. The molecule has 6 heteroatoms. The highest BCUT2D eigenvalue weighted by molar-refractivity contribution is 5.91. The molecule has 0 saturated heterocycles. The molecule has 2 amide bonds. The van der Waals surface area contributed by atoms with Gasteiger partial charge in [-0.2, -0.15) is 0 Å². The van der Waals surface area contributed by atoms with Crippen LogP contribution in [0.3, 0.4) is 0 Å². The van der Waals surface area contributed by atoms with Crippen LogP contribution in [0.4, 0.5) is 0 Å². The highest BCUT2D eigenvalue weighted by atomic mass is 16.4. The fourth-order valence-electron chi connectivity index (χ4n) is 5.26. The lowest BCUT2D eigenvalue weighted by molar-refractivity contribution is -0.137. The molecule has 6 nitrogen and oxygen atoms in total. The lowest BCUT2D eigenvalue weighted by Crippen LogP contribution is -2.37. The van der Waals surface area contributed by atoms with Gasteiger partial charge in [0.25, 0.3) is 0 Å². The highest BCUT2D eigenvalue weighted by Crippen LogP contribution is 2.55. The summed E-state index contributed by atoms with van der Waals surface area (Å²) in [5.74, 6) is 2.07. The Morgan fingerprint density at radius 3 is 2.32 bits per heavy atom. The van der Waals surface area contributed by atoms with Gasteiger partial charge in [0, 0.05) is 13.0 Å². The van der Waals surface area contributed by atoms with E-state index in [9.17, 15) is 14.4 Å². The third kappa shape index (κ3) is 7.28. The largest absolute Gasteiger partial charge is 0.481 e. The monoisotopic (exact) mass is 392 g/mol. The number of carboxylic acid groups (broad SMARTS) is 1. The Hall–Kier alpha value is -1.85. The van der Waals surface area contributed by atoms with Gasteiger partial charge in [0.1, 0.15) is 0 Å². The second-order valence-electron chi connectivity index (χ2n) is 8.36. The fourth-order valence-corrected chi connectivity index (χ4v) is 5.26. The zero-order valence-corrected chi connectivity index (χ0v) is 17.1. The standard InChI is InChI=1S/C22H36N2O4/c1-2-7-20(25)24-15-21(26)23-13-12-19-17-11-10-16(14-17)18(19)8-5-3-4-6-9-22(27)28/h2,7,16-19H,3-6,8-15H2,1H3,(H,23,26)(H,24,25)(H,27,28)/t16-,17+,18-,19+/m0/s1. The number of allylic oxidation sites excluding steroid dienone is 1. The van der Waals surface area contributed by atoms with Crippen LogP contribution in [0.2, 0.25) is 0 Å². The number of amides is 2. The number of carboxylic acids is 1. The molecule has 4 atom stereocenters. The maximum atomic E-state index is 11.9. The number of nitrogens with one attached hydrogen (secondary N) is 2. The quantitative estimate of drug-likeness (QED) is 0.331. The van der Waals surface area contributed by atoms with Crippen molar-refractivity contribution in [3.63, 3.8) is 0 Å². The molecular formula is C22H36N2O4. The molecule has 2 bridgehead atoms. The van der Waals surface area contributed by atoms with Gasteiger partial charge in [-0.1, -0.05) is 25.3 Å². The van der Waals surface area contributed by atoms with E-state index in [0.717, 1.165) is 43.4 Å². The highest BCUT2D eigenvalue weighted by Gasteiger charge is 2.46. The molecule has 2 aliphatic rings. The van der Waals surface area contributed by atoms with Crippen LogP contribution in [0, 0.1) is 23.7 Å². The lowest BCUT2D eigenvalue weighted by atomic mass is 9.75. The van der Waals surface area contributed by atoms with Gasteiger partial charge in [-0.25, -0.2) is 0 Å². The number of rotatable bonds is 13. The number of unbranched alkanes of at least 4 members (excludes halogenated alkanes) is 3. The molecule has 2 aliphatic carbocycles. The van der Waals surface area contributed by atoms with Crippen molar-refractivity contribution in [1.29, 1.82) is 0 Å². The summed E-state index contributed by atoms with van der Waals surface area (Å²) in [4.78, 5) is 33.8. The predicted octanol–water partition coefficient (Wildman–Crippen LogP) is 3.27. The van der Waals surface area contributed by atoms with E-state index in [1.54, 1.807) is 13.0 Å². The number of aliphatic carboxylic acids is 1. The van der Waals surface area contributed by atoms with Crippen molar-refractivity contribution in [3.05, 3.63) is 12.2 Å². The van der Waals surface area contributed by atoms with Crippen molar-refractivity contribution >= 4 is 17.8 Å². The van der Waals surface area contributed by atoms with Crippen LogP contribution in [-0.2, 0) is 14.4 Å². The van der Waals surface area contributed by atoms with Gasteiger partial charge >= 0.3 is 5.97 Å². The van der Waals surface area contributed by atoms with Gasteiger partial charge in [0.05, 0.1) is 6.54 Å². The van der Waals surface area contributed by atoms with E-state index in [4.69, 9.17) is 5.11 Å². The van der Waals surface area contributed by atoms with Gasteiger partial charge < -0.3 is 15.7 Å². The number of hydrogen-bond donors (Lipinski definition) is 3. The van der Waals surface area contributed by atoms with Crippen molar-refractivity contribution in [3.8, 4) is 0 Å². The van der Waals surface area contributed by atoms with E-state index in [2.05, 4.69) is 10.6 Å². The average molecular weight is 393 g/mol. The summed E-state index contributed by atoms with van der Waals surface area (Å²) >= 11 is 0. The summed E-state index contributed by atoms with van der Waals surface area (Å²) in [7, 11) is 0. The smallest absolute Gasteiger partial charge is 0.303 e. The molecule has 2 saturated carbocycles. The maximum absolute atomic E-state index is 11.9. The molecule has 158 valence electrons. The van der Waals surface area contributed by atoms with Crippen LogP contribution in [-0.4, -0.2) is 36.0 Å². The van der Waals surface area contributed by atoms with E-state index >= 15 is 0 Å². The summed E-state index contributed by atoms with van der Waals surface area (Å²) in [6.07, 6.45) is 13.7. The summed E-state index contributed by atoms with van der Waals surface area (Å²) in [5.41, 5.74) is 0. The van der Waals surface area contributed by atoms with Gasteiger partial charge in [0.15, 0.2) is 0 Å². The van der Waals surface area contributed by atoms with Gasteiger partial charge in [-0.3, -0.25) is 14.4 Å². The zero-order valence-electron chi connectivity index (χ0n) is 17.1. The third-order valence-corrected chi connectivity index (χ3v) is 6.49. The first kappa shape index (κ1) is 22.4. The number of carbonyl (C=O) groups is 3. The lowest BCUT2D eigenvalue weighted by Gasteiger charge is -2.31. The Labute approximate surface area is 168 Å². The molecular weight excluding hydrogens is 356 g/mol. The molecule has 0 unspecified atom stereocenters. The molecule has 0 heterocycles. The third-order valence-electron chi connectivity index (χ3n) is 6.49. The molecule has 0 spiro atoms. The molecule has 0 aromatic rings. The normalized spacial score (nSPS) is 25.9. The minimum atomic E-state index is -0.698. The van der Waals surface area contributed by atoms with Gasteiger partial charge in [-0.05, 0) is 75.2 Å². The first-order valence-corrected chi connectivity index (χ1v) is 10.9. The summed E-state index contributed by atoms with van der Waals surface area (Å²) in [6, 6.07) is 0. The van der Waals surface area contributed by atoms with Crippen LogP contribution >= 0.6 is 0 Å². The van der Waals surface area contributed by atoms with Crippen molar-refractivity contribution < 1.29 is 19.5 Å². The Kier molecular flexibility index (Phi) is 9.51. The second-order valence-corrected chi connectivity index (χ2v) is 8.36. The Bertz CT molecular complexity index is 561. The maximum Gasteiger partial charge on any atom is 0.303 e. The molecule has 0 aromatic heterocycles. The molecule has 0 aromatic carbocycles.